The van der Waals surface area contributed by atoms with Gasteiger partial charge in [-0.05, 0) is 23.3 Å². The Hall–Kier alpha value is -3.46. The Morgan fingerprint density at radius 2 is 1.38 bits per heavy atom. The zero-order valence-electron chi connectivity index (χ0n) is 14.3. The van der Waals surface area contributed by atoms with Crippen LogP contribution in [0.4, 0.5) is 0 Å². The van der Waals surface area contributed by atoms with E-state index in [1.807, 2.05) is 101 Å². The Balaban J connectivity index is 1.48. The van der Waals surface area contributed by atoms with Gasteiger partial charge in [0.25, 0.3) is 0 Å². The maximum Gasteiger partial charge on any atom is 0.249 e. The molecular weight excluding hydrogens is 320 g/mol. The molecule has 0 aliphatic rings. The molecule has 4 rings (SSSR count). The Morgan fingerprint density at radius 1 is 0.769 bits per heavy atom. The smallest absolute Gasteiger partial charge is 0.249 e. The van der Waals surface area contributed by atoms with Crippen LogP contribution in [-0.4, -0.2) is 10.4 Å². The molecule has 0 atom stereocenters. The molecule has 0 unspecified atom stereocenters. The highest BCUT2D eigenvalue weighted by Crippen LogP contribution is 2.19. The number of hydrogen-bond donors (Lipinski definition) is 0. The van der Waals surface area contributed by atoms with Crippen LogP contribution in [0, 0.1) is 0 Å². The summed E-state index contributed by atoms with van der Waals surface area (Å²) in [7, 11) is 0. The van der Waals surface area contributed by atoms with E-state index in [1.165, 1.54) is 0 Å². The lowest BCUT2D eigenvalue weighted by Gasteiger charge is -2.03. The Morgan fingerprint density at radius 3 is 2.08 bits per heavy atom. The zero-order valence-corrected chi connectivity index (χ0v) is 14.3. The number of hydrogen-bond acceptors (Lipinski definition) is 1. The summed E-state index contributed by atoms with van der Waals surface area (Å²) in [4.78, 5) is 12.6. The van der Waals surface area contributed by atoms with E-state index >= 15 is 0 Å². The fourth-order valence-electron chi connectivity index (χ4n) is 2.98. The van der Waals surface area contributed by atoms with Crippen LogP contribution in [0.2, 0.25) is 0 Å². The number of carbonyl (C=O) groups is 1. The third-order valence-electron chi connectivity index (χ3n) is 4.39. The van der Waals surface area contributed by atoms with E-state index in [9.17, 15) is 4.79 Å². The van der Waals surface area contributed by atoms with Gasteiger partial charge in [-0.1, -0.05) is 72.8 Å². The average molecular weight is 339 g/mol. The van der Waals surface area contributed by atoms with E-state index in [0.29, 0.717) is 6.54 Å². The lowest BCUT2D eigenvalue weighted by Crippen LogP contribution is -2.35. The number of benzene rings is 3. The van der Waals surface area contributed by atoms with Gasteiger partial charge in [-0.2, -0.15) is 0 Å². The number of carbonyl (C=O) groups excluding carboxylic acids is 1. The van der Waals surface area contributed by atoms with Gasteiger partial charge in [0.2, 0.25) is 12.1 Å². The van der Waals surface area contributed by atoms with Gasteiger partial charge in [-0.15, -0.1) is 0 Å². The second kappa shape index (κ2) is 7.19. The van der Waals surface area contributed by atoms with Crippen molar-refractivity contribution >= 4 is 5.78 Å². The van der Waals surface area contributed by atoms with Crippen LogP contribution in [0.3, 0.4) is 0 Å². The van der Waals surface area contributed by atoms with Crippen LogP contribution >= 0.6 is 0 Å². The zero-order chi connectivity index (χ0) is 17.8. The van der Waals surface area contributed by atoms with Crippen molar-refractivity contribution in [3.63, 3.8) is 0 Å². The van der Waals surface area contributed by atoms with Crippen LogP contribution in [0.1, 0.15) is 10.4 Å². The number of ketones is 1. The molecular formula is C23H19N2O+. The van der Waals surface area contributed by atoms with Gasteiger partial charge < -0.3 is 0 Å². The summed E-state index contributed by atoms with van der Waals surface area (Å²) in [6.45, 7) is 0.324. The molecule has 3 heteroatoms. The molecule has 0 bridgehead atoms. The lowest BCUT2D eigenvalue weighted by atomic mass is 10.0. The van der Waals surface area contributed by atoms with Gasteiger partial charge >= 0.3 is 0 Å². The monoisotopic (exact) mass is 339 g/mol. The first-order valence-electron chi connectivity index (χ1n) is 8.61. The number of aromatic nitrogens is 2. The summed E-state index contributed by atoms with van der Waals surface area (Å²) in [6.07, 6.45) is 5.82. The van der Waals surface area contributed by atoms with E-state index in [1.54, 1.807) is 0 Å². The molecule has 1 aromatic heterocycles. The first-order chi connectivity index (χ1) is 12.8. The van der Waals surface area contributed by atoms with Crippen molar-refractivity contribution in [2.45, 2.75) is 6.54 Å². The summed E-state index contributed by atoms with van der Waals surface area (Å²) in [5.41, 5.74) is 4.07. The first-order valence-corrected chi connectivity index (χ1v) is 8.61. The van der Waals surface area contributed by atoms with E-state index in [-0.39, 0.29) is 5.78 Å². The Labute approximate surface area is 152 Å². The fraction of sp³-hybridized carbons (Fsp3) is 0.0435. The van der Waals surface area contributed by atoms with Crippen LogP contribution in [0.25, 0.3) is 16.8 Å². The number of nitrogens with zero attached hydrogens (tertiary/aromatic N) is 2. The molecule has 26 heavy (non-hydrogen) atoms. The minimum Gasteiger partial charge on any atom is -0.290 e. The van der Waals surface area contributed by atoms with Crippen molar-refractivity contribution in [3.05, 3.63) is 109 Å². The van der Waals surface area contributed by atoms with Crippen molar-refractivity contribution in [1.29, 1.82) is 0 Å². The maximum absolute atomic E-state index is 12.6. The van der Waals surface area contributed by atoms with Crippen molar-refractivity contribution < 1.29 is 9.36 Å². The normalized spacial score (nSPS) is 10.6. The lowest BCUT2D eigenvalue weighted by molar-refractivity contribution is -0.682. The molecule has 0 aliphatic heterocycles. The third kappa shape index (κ3) is 3.47. The van der Waals surface area contributed by atoms with Gasteiger partial charge in [-0.25, -0.2) is 9.13 Å². The molecule has 126 valence electrons. The van der Waals surface area contributed by atoms with Crippen molar-refractivity contribution in [2.75, 3.05) is 0 Å². The molecule has 4 aromatic rings. The third-order valence-corrected chi connectivity index (χ3v) is 4.39. The van der Waals surface area contributed by atoms with Gasteiger partial charge in [0.05, 0.1) is 0 Å². The number of para-hydroxylation sites is 1. The molecule has 3 aromatic carbocycles. The maximum atomic E-state index is 12.6. The second-order valence-corrected chi connectivity index (χ2v) is 6.20. The van der Waals surface area contributed by atoms with Crippen molar-refractivity contribution in [2.24, 2.45) is 0 Å². The van der Waals surface area contributed by atoms with Crippen molar-refractivity contribution in [3.8, 4) is 16.8 Å². The SMILES string of the molecule is O=C(C[n+]1ccn(-c2ccccc2)c1)c1ccc(-c2ccccc2)cc1. The molecule has 3 nitrogen and oxygen atoms in total. The van der Waals surface area contributed by atoms with Crippen LogP contribution in [0.5, 0.6) is 0 Å². The molecule has 0 amide bonds. The first kappa shape index (κ1) is 16.0. The van der Waals surface area contributed by atoms with Crippen LogP contribution in [-0.2, 0) is 6.54 Å². The molecule has 0 saturated carbocycles. The molecule has 0 spiro atoms. The number of Topliss-reactive ketones (excluding diaryl/α,β-unsaturated/α-hetero) is 1. The summed E-state index contributed by atoms with van der Waals surface area (Å²) in [5.74, 6) is 0.0976. The number of rotatable bonds is 5. The largest absolute Gasteiger partial charge is 0.290 e. The minimum atomic E-state index is 0.0976. The molecule has 0 fully saturated rings. The molecule has 0 N–H and O–H groups in total. The highest BCUT2D eigenvalue weighted by Gasteiger charge is 2.12. The topological polar surface area (TPSA) is 25.9 Å². The summed E-state index contributed by atoms with van der Waals surface area (Å²) in [6, 6.07) is 28.0. The molecule has 0 radical (unpaired) electrons. The average Bonchev–Trinajstić information content (AvgIpc) is 3.18. The predicted octanol–water partition coefficient (Wildman–Crippen LogP) is 4.31. The summed E-state index contributed by atoms with van der Waals surface area (Å²) >= 11 is 0. The Kier molecular flexibility index (Phi) is 4.44. The Bertz CT molecular complexity index is 1000. The van der Waals surface area contributed by atoms with E-state index in [4.69, 9.17) is 0 Å². The second-order valence-electron chi connectivity index (χ2n) is 6.20. The van der Waals surface area contributed by atoms with Crippen LogP contribution in [0.15, 0.2) is 104 Å². The number of imidazole rings is 1. The van der Waals surface area contributed by atoms with E-state index < -0.39 is 0 Å². The van der Waals surface area contributed by atoms with E-state index in [2.05, 4.69) is 12.1 Å². The van der Waals surface area contributed by atoms with Gasteiger partial charge in [0, 0.05) is 5.56 Å². The molecule has 1 heterocycles. The van der Waals surface area contributed by atoms with Gasteiger partial charge in [0.1, 0.15) is 18.1 Å². The molecule has 0 saturated heterocycles. The summed E-state index contributed by atoms with van der Waals surface area (Å²) < 4.78 is 3.91. The van der Waals surface area contributed by atoms with Crippen molar-refractivity contribution in [1.82, 2.24) is 4.57 Å². The van der Waals surface area contributed by atoms with E-state index in [0.717, 1.165) is 22.4 Å². The highest BCUT2D eigenvalue weighted by molar-refractivity contribution is 5.95. The predicted molar refractivity (Wildman–Crippen MR) is 102 cm³/mol. The summed E-state index contributed by atoms with van der Waals surface area (Å²) in [5, 5.41) is 0. The highest BCUT2D eigenvalue weighted by atomic mass is 16.1. The standard InChI is InChI=1S/C23H19N2O/c26-23(17-24-15-16-25(18-24)22-9-5-2-6-10-22)21-13-11-20(12-14-21)19-7-3-1-4-8-19/h1-16,18H,17H2/q+1. The van der Waals surface area contributed by atoms with Crippen LogP contribution < -0.4 is 4.57 Å². The quantitative estimate of drug-likeness (QED) is 0.393. The minimum absolute atomic E-state index is 0.0976. The van der Waals surface area contributed by atoms with Gasteiger partial charge in [0.15, 0.2) is 6.54 Å². The van der Waals surface area contributed by atoms with Gasteiger partial charge in [-0.3, -0.25) is 4.79 Å². The fourth-order valence-corrected chi connectivity index (χ4v) is 2.98. The molecule has 0 aliphatic carbocycles.